The predicted octanol–water partition coefficient (Wildman–Crippen LogP) is 4.96. The van der Waals surface area contributed by atoms with E-state index in [4.69, 9.17) is 17.0 Å². The molecule has 6 heteroatoms. The number of benzene rings is 3. The Morgan fingerprint density at radius 1 is 0.966 bits per heavy atom. The first-order valence-corrected chi connectivity index (χ1v) is 9.66. The molecule has 1 amide bonds. The van der Waals surface area contributed by atoms with Crippen molar-refractivity contribution in [2.45, 2.75) is 12.8 Å². The van der Waals surface area contributed by atoms with Crippen molar-refractivity contribution in [3.63, 3.8) is 0 Å². The van der Waals surface area contributed by atoms with Gasteiger partial charge in [-0.1, -0.05) is 36.4 Å². The second kappa shape index (κ2) is 10.3. The maximum Gasteiger partial charge on any atom is 0.257 e. The number of thiocarbonyl (C=S) groups is 1. The monoisotopic (exact) mass is 408 g/mol. The zero-order chi connectivity index (χ0) is 20.5. The molecule has 2 N–H and O–H groups in total. The molecule has 3 aromatic carbocycles. The Bertz CT molecular complexity index is 962. The van der Waals surface area contributed by atoms with Gasteiger partial charge >= 0.3 is 0 Å². The molecule has 3 aromatic rings. The first kappa shape index (κ1) is 20.5. The summed E-state index contributed by atoms with van der Waals surface area (Å²) in [6, 6.07) is 22.9. The average molecular weight is 408 g/mol. The van der Waals surface area contributed by atoms with E-state index in [-0.39, 0.29) is 5.11 Å². The molecular weight excluding hydrogens is 387 g/mol. The van der Waals surface area contributed by atoms with Gasteiger partial charge in [0.25, 0.3) is 5.91 Å². The third kappa shape index (κ3) is 6.69. The molecule has 0 aliphatic heterocycles. The van der Waals surface area contributed by atoms with Gasteiger partial charge in [-0.25, -0.2) is 4.39 Å². The fourth-order valence-corrected chi connectivity index (χ4v) is 2.92. The summed E-state index contributed by atoms with van der Waals surface area (Å²) >= 11 is 5.18. The summed E-state index contributed by atoms with van der Waals surface area (Å²) in [5, 5.41) is 5.68. The molecule has 3 rings (SSSR count). The van der Waals surface area contributed by atoms with E-state index in [1.807, 2.05) is 42.5 Å². The number of nitrogens with one attached hydrogen (secondary N) is 2. The van der Waals surface area contributed by atoms with Gasteiger partial charge in [-0.15, -0.1) is 0 Å². The quantitative estimate of drug-likeness (QED) is 0.428. The van der Waals surface area contributed by atoms with Crippen molar-refractivity contribution in [3.8, 4) is 5.75 Å². The SMILES string of the molecule is O=C(NC(=S)Nc1cccc(OCCCc2ccccc2)c1)c1ccc(F)cc1. The summed E-state index contributed by atoms with van der Waals surface area (Å²) in [7, 11) is 0. The van der Waals surface area contributed by atoms with E-state index in [0.717, 1.165) is 18.6 Å². The number of carbonyl (C=O) groups is 1. The van der Waals surface area contributed by atoms with Crippen LogP contribution >= 0.6 is 12.2 Å². The normalized spacial score (nSPS) is 10.2. The molecular formula is C23H21FN2O2S. The van der Waals surface area contributed by atoms with Gasteiger partial charge in [-0.3, -0.25) is 10.1 Å². The molecule has 0 spiro atoms. The first-order valence-electron chi connectivity index (χ1n) is 9.25. The van der Waals surface area contributed by atoms with Crippen LogP contribution in [-0.4, -0.2) is 17.6 Å². The summed E-state index contributed by atoms with van der Waals surface area (Å²) in [6.07, 6.45) is 1.87. The molecule has 0 unspecified atom stereocenters. The summed E-state index contributed by atoms with van der Waals surface area (Å²) in [6.45, 7) is 0.601. The maximum atomic E-state index is 13.0. The Morgan fingerprint density at radius 3 is 2.48 bits per heavy atom. The highest BCUT2D eigenvalue weighted by atomic mass is 32.1. The van der Waals surface area contributed by atoms with Gasteiger partial charge in [0.1, 0.15) is 11.6 Å². The topological polar surface area (TPSA) is 50.4 Å². The predicted molar refractivity (Wildman–Crippen MR) is 117 cm³/mol. The zero-order valence-electron chi connectivity index (χ0n) is 15.7. The van der Waals surface area contributed by atoms with Crippen molar-refractivity contribution in [3.05, 3.63) is 95.8 Å². The van der Waals surface area contributed by atoms with Crippen molar-refractivity contribution in [1.29, 1.82) is 0 Å². The van der Waals surface area contributed by atoms with Crippen LogP contribution in [0.1, 0.15) is 22.3 Å². The number of ether oxygens (including phenoxy) is 1. The Kier molecular flexibility index (Phi) is 7.30. The van der Waals surface area contributed by atoms with Crippen LogP contribution in [0.25, 0.3) is 0 Å². The van der Waals surface area contributed by atoms with E-state index in [1.54, 1.807) is 0 Å². The second-order valence-electron chi connectivity index (χ2n) is 6.38. The minimum Gasteiger partial charge on any atom is -0.494 e. The van der Waals surface area contributed by atoms with Crippen molar-refractivity contribution in [1.82, 2.24) is 5.32 Å². The number of hydrogen-bond acceptors (Lipinski definition) is 3. The van der Waals surface area contributed by atoms with E-state index in [0.29, 0.717) is 17.9 Å². The molecule has 0 bridgehead atoms. The molecule has 0 aliphatic rings. The van der Waals surface area contributed by atoms with Crippen molar-refractivity contribution < 1.29 is 13.9 Å². The number of rotatable bonds is 7. The largest absolute Gasteiger partial charge is 0.494 e. The van der Waals surface area contributed by atoms with E-state index < -0.39 is 11.7 Å². The number of halogens is 1. The zero-order valence-corrected chi connectivity index (χ0v) is 16.5. The maximum absolute atomic E-state index is 13.0. The highest BCUT2D eigenvalue weighted by Crippen LogP contribution is 2.18. The Balaban J connectivity index is 1.46. The van der Waals surface area contributed by atoms with E-state index in [2.05, 4.69) is 22.8 Å². The second-order valence-corrected chi connectivity index (χ2v) is 6.79. The highest BCUT2D eigenvalue weighted by Gasteiger charge is 2.08. The van der Waals surface area contributed by atoms with Crippen molar-refractivity contribution >= 4 is 28.9 Å². The third-order valence-electron chi connectivity index (χ3n) is 4.15. The third-order valence-corrected chi connectivity index (χ3v) is 4.35. The van der Waals surface area contributed by atoms with Gasteiger partial charge in [0.05, 0.1) is 6.61 Å². The van der Waals surface area contributed by atoms with Crippen LogP contribution in [0.4, 0.5) is 10.1 Å². The smallest absolute Gasteiger partial charge is 0.257 e. The molecule has 0 radical (unpaired) electrons. The van der Waals surface area contributed by atoms with Gasteiger partial charge in [-0.2, -0.15) is 0 Å². The fourth-order valence-electron chi connectivity index (χ4n) is 2.71. The Morgan fingerprint density at radius 2 is 1.72 bits per heavy atom. The van der Waals surface area contributed by atoms with Crippen LogP contribution in [0, 0.1) is 5.82 Å². The number of anilines is 1. The molecule has 29 heavy (non-hydrogen) atoms. The standard InChI is InChI=1S/C23H21FN2O2S/c24-19-13-11-18(12-14-19)22(27)26-23(29)25-20-9-4-10-21(16-20)28-15-5-8-17-6-2-1-3-7-17/h1-4,6-7,9-14,16H,5,8,15H2,(H2,25,26,27,29). The summed E-state index contributed by atoms with van der Waals surface area (Å²) in [4.78, 5) is 12.1. The van der Waals surface area contributed by atoms with E-state index in [9.17, 15) is 9.18 Å². The number of hydrogen-bond donors (Lipinski definition) is 2. The van der Waals surface area contributed by atoms with Gasteiger partial charge in [0.2, 0.25) is 0 Å². The molecule has 0 saturated carbocycles. The van der Waals surface area contributed by atoms with E-state index >= 15 is 0 Å². The molecule has 0 saturated heterocycles. The molecule has 0 fully saturated rings. The van der Waals surface area contributed by atoms with E-state index in [1.165, 1.54) is 29.8 Å². The summed E-state index contributed by atoms with van der Waals surface area (Å²) in [5.41, 5.74) is 2.31. The lowest BCUT2D eigenvalue weighted by atomic mass is 10.1. The number of amides is 1. The fraction of sp³-hybridized carbons (Fsp3) is 0.130. The molecule has 0 heterocycles. The van der Waals surface area contributed by atoms with Crippen molar-refractivity contribution in [2.24, 2.45) is 0 Å². The van der Waals surface area contributed by atoms with Gasteiger partial charge in [-0.05, 0) is 67.0 Å². The summed E-state index contributed by atoms with van der Waals surface area (Å²) < 4.78 is 18.8. The van der Waals surface area contributed by atoms with Gasteiger partial charge < -0.3 is 10.1 Å². The number of aryl methyl sites for hydroxylation is 1. The minimum atomic E-state index is -0.407. The lowest BCUT2D eigenvalue weighted by Crippen LogP contribution is -2.34. The van der Waals surface area contributed by atoms with Crippen LogP contribution in [-0.2, 0) is 6.42 Å². The first-order chi connectivity index (χ1) is 14.1. The number of carbonyl (C=O) groups excluding carboxylic acids is 1. The van der Waals surface area contributed by atoms with Gasteiger partial charge in [0.15, 0.2) is 5.11 Å². The Hall–Kier alpha value is -3.25. The molecule has 4 nitrogen and oxygen atoms in total. The lowest BCUT2D eigenvalue weighted by molar-refractivity contribution is 0.0977. The molecule has 0 atom stereocenters. The van der Waals surface area contributed by atoms with Gasteiger partial charge in [0, 0.05) is 17.3 Å². The molecule has 148 valence electrons. The van der Waals surface area contributed by atoms with Crippen molar-refractivity contribution in [2.75, 3.05) is 11.9 Å². The Labute approximate surface area is 174 Å². The summed E-state index contributed by atoms with van der Waals surface area (Å²) in [5.74, 6) is -0.0885. The average Bonchev–Trinajstić information content (AvgIpc) is 2.72. The van der Waals surface area contributed by atoms with Crippen LogP contribution in [0.15, 0.2) is 78.9 Å². The highest BCUT2D eigenvalue weighted by molar-refractivity contribution is 7.80. The minimum absolute atomic E-state index is 0.153. The van der Waals surface area contributed by atoms with Crippen LogP contribution in [0.3, 0.4) is 0 Å². The molecule has 0 aliphatic carbocycles. The lowest BCUT2D eigenvalue weighted by Gasteiger charge is -2.11. The van der Waals surface area contributed by atoms with Crippen LogP contribution in [0.5, 0.6) is 5.75 Å². The van der Waals surface area contributed by atoms with Crippen LogP contribution < -0.4 is 15.4 Å². The molecule has 0 aromatic heterocycles. The van der Waals surface area contributed by atoms with Crippen LogP contribution in [0.2, 0.25) is 0 Å².